The highest BCUT2D eigenvalue weighted by Gasteiger charge is 2.15. The largest absolute Gasteiger partial charge is 0.314 e. The SMILES string of the molecule is O=[N+]([O-])c1ccc(CCNC2CCC2)cc1. The number of hydrogen-bond acceptors (Lipinski definition) is 3. The molecule has 1 saturated carbocycles. The van der Waals surface area contributed by atoms with E-state index in [1.165, 1.54) is 19.3 Å². The van der Waals surface area contributed by atoms with Crippen LogP contribution in [0, 0.1) is 10.1 Å². The predicted octanol–water partition coefficient (Wildman–Crippen LogP) is 2.28. The van der Waals surface area contributed by atoms with Crippen LogP contribution in [-0.2, 0) is 6.42 Å². The topological polar surface area (TPSA) is 55.2 Å². The van der Waals surface area contributed by atoms with Crippen LogP contribution in [0.5, 0.6) is 0 Å². The van der Waals surface area contributed by atoms with Gasteiger partial charge < -0.3 is 5.32 Å². The van der Waals surface area contributed by atoms with Crippen molar-refractivity contribution < 1.29 is 4.92 Å². The lowest BCUT2D eigenvalue weighted by molar-refractivity contribution is -0.384. The van der Waals surface area contributed by atoms with Gasteiger partial charge in [0.2, 0.25) is 0 Å². The zero-order valence-corrected chi connectivity index (χ0v) is 9.19. The van der Waals surface area contributed by atoms with E-state index >= 15 is 0 Å². The predicted molar refractivity (Wildman–Crippen MR) is 62.4 cm³/mol. The molecule has 0 aromatic heterocycles. The molecule has 0 saturated heterocycles. The number of hydrogen-bond donors (Lipinski definition) is 1. The van der Waals surface area contributed by atoms with E-state index in [0.717, 1.165) is 18.5 Å². The Hall–Kier alpha value is -1.42. The van der Waals surface area contributed by atoms with E-state index < -0.39 is 0 Å². The number of nitrogens with one attached hydrogen (secondary N) is 1. The highest BCUT2D eigenvalue weighted by molar-refractivity contribution is 5.32. The van der Waals surface area contributed by atoms with Crippen LogP contribution in [0.3, 0.4) is 0 Å². The van der Waals surface area contributed by atoms with E-state index in [1.807, 2.05) is 12.1 Å². The Morgan fingerprint density at radius 3 is 2.50 bits per heavy atom. The first-order valence-corrected chi connectivity index (χ1v) is 5.72. The highest BCUT2D eigenvalue weighted by atomic mass is 16.6. The van der Waals surface area contributed by atoms with Gasteiger partial charge in [-0.1, -0.05) is 18.6 Å². The van der Waals surface area contributed by atoms with E-state index in [9.17, 15) is 10.1 Å². The second-order valence-electron chi connectivity index (χ2n) is 4.26. The molecule has 0 heterocycles. The molecule has 0 bridgehead atoms. The molecular weight excluding hydrogens is 204 g/mol. The van der Waals surface area contributed by atoms with E-state index in [0.29, 0.717) is 6.04 Å². The van der Waals surface area contributed by atoms with Crippen molar-refractivity contribution in [2.45, 2.75) is 31.7 Å². The molecule has 1 aliphatic rings. The maximum absolute atomic E-state index is 10.5. The van der Waals surface area contributed by atoms with Gasteiger partial charge in [-0.3, -0.25) is 10.1 Å². The third kappa shape index (κ3) is 2.79. The maximum Gasteiger partial charge on any atom is 0.269 e. The summed E-state index contributed by atoms with van der Waals surface area (Å²) in [5.41, 5.74) is 1.31. The first-order chi connectivity index (χ1) is 7.75. The van der Waals surface area contributed by atoms with Crippen molar-refractivity contribution in [3.8, 4) is 0 Å². The minimum absolute atomic E-state index is 0.163. The van der Waals surface area contributed by atoms with Crippen molar-refractivity contribution in [2.75, 3.05) is 6.54 Å². The fourth-order valence-corrected chi connectivity index (χ4v) is 1.82. The zero-order chi connectivity index (χ0) is 11.4. The Morgan fingerprint density at radius 2 is 2.00 bits per heavy atom. The second kappa shape index (κ2) is 5.07. The van der Waals surface area contributed by atoms with Crippen LogP contribution < -0.4 is 5.32 Å². The van der Waals surface area contributed by atoms with E-state index in [1.54, 1.807) is 12.1 Å². The summed E-state index contributed by atoms with van der Waals surface area (Å²) in [4.78, 5) is 10.1. The molecule has 1 aromatic carbocycles. The van der Waals surface area contributed by atoms with Crippen LogP contribution >= 0.6 is 0 Å². The number of nitrogens with zero attached hydrogens (tertiary/aromatic N) is 1. The van der Waals surface area contributed by atoms with Crippen LogP contribution in [0.15, 0.2) is 24.3 Å². The lowest BCUT2D eigenvalue weighted by Crippen LogP contribution is -2.36. The average molecular weight is 220 g/mol. The van der Waals surface area contributed by atoms with Crippen molar-refractivity contribution >= 4 is 5.69 Å². The minimum atomic E-state index is -0.365. The standard InChI is InChI=1S/C12H16N2O2/c15-14(16)12-6-4-10(5-7-12)8-9-13-11-2-1-3-11/h4-7,11,13H,1-3,8-9H2. The number of benzene rings is 1. The zero-order valence-electron chi connectivity index (χ0n) is 9.19. The number of nitro benzene ring substituents is 1. The van der Waals surface area contributed by atoms with Crippen LogP contribution in [-0.4, -0.2) is 17.5 Å². The van der Waals surface area contributed by atoms with Crippen molar-refractivity contribution in [3.05, 3.63) is 39.9 Å². The van der Waals surface area contributed by atoms with Gasteiger partial charge in [-0.2, -0.15) is 0 Å². The summed E-state index contributed by atoms with van der Waals surface area (Å²) in [5, 5.41) is 13.9. The van der Waals surface area contributed by atoms with Crippen LogP contribution in [0.25, 0.3) is 0 Å². The van der Waals surface area contributed by atoms with Gasteiger partial charge >= 0.3 is 0 Å². The molecule has 1 aliphatic carbocycles. The van der Waals surface area contributed by atoms with E-state index in [-0.39, 0.29) is 10.6 Å². The van der Waals surface area contributed by atoms with Gasteiger partial charge in [0.15, 0.2) is 0 Å². The lowest BCUT2D eigenvalue weighted by atomic mass is 9.93. The van der Waals surface area contributed by atoms with Gasteiger partial charge in [0, 0.05) is 18.2 Å². The van der Waals surface area contributed by atoms with Crippen LogP contribution in [0.4, 0.5) is 5.69 Å². The summed E-state index contributed by atoms with van der Waals surface area (Å²) in [6.07, 6.45) is 4.87. The van der Waals surface area contributed by atoms with Crippen molar-refractivity contribution in [2.24, 2.45) is 0 Å². The highest BCUT2D eigenvalue weighted by Crippen LogP contribution is 2.18. The molecule has 4 nitrogen and oxygen atoms in total. The monoisotopic (exact) mass is 220 g/mol. The first-order valence-electron chi connectivity index (χ1n) is 5.72. The molecule has 4 heteroatoms. The molecule has 1 aromatic rings. The molecule has 0 unspecified atom stereocenters. The Balaban J connectivity index is 1.78. The number of non-ortho nitro benzene ring substituents is 1. The van der Waals surface area contributed by atoms with Crippen molar-refractivity contribution in [1.82, 2.24) is 5.32 Å². The molecule has 0 radical (unpaired) electrons. The summed E-state index contributed by atoms with van der Waals surface area (Å²) in [6.45, 7) is 0.961. The number of nitro groups is 1. The molecule has 0 aliphatic heterocycles. The first kappa shape index (κ1) is 11.1. The summed E-state index contributed by atoms with van der Waals surface area (Å²) in [5.74, 6) is 0. The maximum atomic E-state index is 10.5. The fourth-order valence-electron chi connectivity index (χ4n) is 1.82. The van der Waals surface area contributed by atoms with E-state index in [2.05, 4.69) is 5.32 Å². The van der Waals surface area contributed by atoms with E-state index in [4.69, 9.17) is 0 Å². The van der Waals surface area contributed by atoms with Gasteiger partial charge in [-0.15, -0.1) is 0 Å². The Kier molecular flexibility index (Phi) is 3.51. The molecule has 1 N–H and O–H groups in total. The minimum Gasteiger partial charge on any atom is -0.314 e. The Bertz CT molecular complexity index is 358. The molecular formula is C12H16N2O2. The third-order valence-electron chi connectivity index (χ3n) is 3.10. The van der Waals surface area contributed by atoms with Gasteiger partial charge in [0.1, 0.15) is 0 Å². The molecule has 86 valence electrons. The fraction of sp³-hybridized carbons (Fsp3) is 0.500. The summed E-state index contributed by atoms with van der Waals surface area (Å²) in [7, 11) is 0. The van der Waals surface area contributed by atoms with Crippen LogP contribution in [0.1, 0.15) is 24.8 Å². The second-order valence-corrected chi connectivity index (χ2v) is 4.26. The number of rotatable bonds is 5. The molecule has 16 heavy (non-hydrogen) atoms. The quantitative estimate of drug-likeness (QED) is 0.611. The molecule has 1 fully saturated rings. The van der Waals surface area contributed by atoms with Crippen molar-refractivity contribution in [3.63, 3.8) is 0 Å². The lowest BCUT2D eigenvalue weighted by Gasteiger charge is -2.26. The summed E-state index contributed by atoms with van der Waals surface area (Å²) < 4.78 is 0. The Labute approximate surface area is 94.8 Å². The molecule has 0 spiro atoms. The van der Waals surface area contributed by atoms with Gasteiger partial charge in [-0.05, 0) is 31.4 Å². The summed E-state index contributed by atoms with van der Waals surface area (Å²) in [6, 6.07) is 7.51. The molecule has 0 amide bonds. The molecule has 2 rings (SSSR count). The van der Waals surface area contributed by atoms with Gasteiger partial charge in [0.25, 0.3) is 5.69 Å². The third-order valence-corrected chi connectivity index (χ3v) is 3.10. The normalized spacial score (nSPS) is 15.8. The van der Waals surface area contributed by atoms with Crippen LogP contribution in [0.2, 0.25) is 0 Å². The Morgan fingerprint density at radius 1 is 1.31 bits per heavy atom. The summed E-state index contributed by atoms with van der Waals surface area (Å²) >= 11 is 0. The molecule has 0 atom stereocenters. The van der Waals surface area contributed by atoms with Gasteiger partial charge in [0.05, 0.1) is 4.92 Å². The van der Waals surface area contributed by atoms with Crippen molar-refractivity contribution in [1.29, 1.82) is 0 Å². The van der Waals surface area contributed by atoms with Gasteiger partial charge in [-0.25, -0.2) is 0 Å². The smallest absolute Gasteiger partial charge is 0.269 e. The average Bonchev–Trinajstić information content (AvgIpc) is 2.22.